The molecule has 0 fully saturated rings. The fraction of sp³-hybridized carbons (Fsp3) is 0.0800. The lowest BCUT2D eigenvalue weighted by Crippen LogP contribution is -2.11. The molecule has 4 aromatic rings. The molecule has 148 valence electrons. The van der Waals surface area contributed by atoms with Crippen molar-refractivity contribution < 1.29 is 4.79 Å². The van der Waals surface area contributed by atoms with E-state index >= 15 is 0 Å². The Morgan fingerprint density at radius 2 is 1.50 bits per heavy atom. The van der Waals surface area contributed by atoms with E-state index in [1.165, 1.54) is 5.56 Å². The molecule has 1 amide bonds. The highest BCUT2D eigenvalue weighted by atomic mass is 16.1. The maximum Gasteiger partial charge on any atom is 0.255 e. The van der Waals surface area contributed by atoms with Crippen LogP contribution >= 0.6 is 0 Å². The van der Waals surface area contributed by atoms with Gasteiger partial charge in [-0.05, 0) is 56.3 Å². The number of aromatic nitrogens is 2. The maximum atomic E-state index is 12.4. The Morgan fingerprint density at radius 1 is 0.767 bits per heavy atom. The molecule has 1 aromatic heterocycles. The largest absolute Gasteiger partial charge is 0.340 e. The zero-order valence-corrected chi connectivity index (χ0v) is 16.9. The molecule has 0 radical (unpaired) electrons. The highest BCUT2D eigenvalue weighted by Crippen LogP contribution is 2.22. The number of anilines is 3. The second-order valence-electron chi connectivity index (χ2n) is 7.18. The fourth-order valence-electron chi connectivity index (χ4n) is 3.08. The van der Waals surface area contributed by atoms with E-state index in [1.807, 2.05) is 61.5 Å². The number of nitrogens with one attached hydrogen (secondary N) is 2. The van der Waals surface area contributed by atoms with E-state index in [0.717, 1.165) is 28.2 Å². The van der Waals surface area contributed by atoms with Crippen LogP contribution < -0.4 is 10.6 Å². The van der Waals surface area contributed by atoms with E-state index in [-0.39, 0.29) is 5.91 Å². The highest BCUT2D eigenvalue weighted by molar-refractivity contribution is 6.04. The molecule has 0 aliphatic rings. The third-order valence-electron chi connectivity index (χ3n) is 4.71. The molecule has 0 saturated carbocycles. The van der Waals surface area contributed by atoms with Crippen LogP contribution in [0.3, 0.4) is 0 Å². The van der Waals surface area contributed by atoms with Gasteiger partial charge < -0.3 is 10.6 Å². The molecule has 1 heterocycles. The van der Waals surface area contributed by atoms with E-state index in [4.69, 9.17) is 0 Å². The van der Waals surface area contributed by atoms with Gasteiger partial charge in [-0.2, -0.15) is 0 Å². The molecule has 4 rings (SSSR count). The number of amides is 1. The summed E-state index contributed by atoms with van der Waals surface area (Å²) in [6.07, 6.45) is 1.55. The van der Waals surface area contributed by atoms with Crippen molar-refractivity contribution in [3.8, 4) is 11.3 Å². The van der Waals surface area contributed by atoms with Crippen LogP contribution in [0.1, 0.15) is 21.5 Å². The topological polar surface area (TPSA) is 66.9 Å². The van der Waals surface area contributed by atoms with Crippen molar-refractivity contribution in [1.29, 1.82) is 0 Å². The van der Waals surface area contributed by atoms with Crippen LogP contribution in [-0.4, -0.2) is 15.9 Å². The number of hydrogen-bond donors (Lipinski definition) is 2. The van der Waals surface area contributed by atoms with Gasteiger partial charge in [0, 0.05) is 28.6 Å². The van der Waals surface area contributed by atoms with Crippen molar-refractivity contribution in [2.45, 2.75) is 13.8 Å². The Hall–Kier alpha value is -3.99. The second kappa shape index (κ2) is 8.57. The van der Waals surface area contributed by atoms with Crippen molar-refractivity contribution in [3.05, 3.63) is 102 Å². The molecule has 3 aromatic carbocycles. The van der Waals surface area contributed by atoms with Gasteiger partial charge in [0.25, 0.3) is 5.91 Å². The number of hydrogen-bond acceptors (Lipinski definition) is 4. The number of carbonyl (C=O) groups is 1. The van der Waals surface area contributed by atoms with Crippen molar-refractivity contribution in [2.75, 3.05) is 10.6 Å². The summed E-state index contributed by atoms with van der Waals surface area (Å²) < 4.78 is 0. The summed E-state index contributed by atoms with van der Waals surface area (Å²) in [5.74, 6) is 0.549. The molecule has 5 heteroatoms. The summed E-state index contributed by atoms with van der Waals surface area (Å²) in [5.41, 5.74) is 6.44. The molecular weight excluding hydrogens is 372 g/mol. The highest BCUT2D eigenvalue weighted by Gasteiger charge is 2.07. The first kappa shape index (κ1) is 19.3. The smallest absolute Gasteiger partial charge is 0.255 e. The molecule has 0 spiro atoms. The summed E-state index contributed by atoms with van der Waals surface area (Å²) in [6.45, 7) is 4.07. The Kier molecular flexibility index (Phi) is 5.52. The molecule has 0 bridgehead atoms. The molecule has 30 heavy (non-hydrogen) atoms. The van der Waals surface area contributed by atoms with Gasteiger partial charge in [-0.1, -0.05) is 41.5 Å². The lowest BCUT2D eigenvalue weighted by Gasteiger charge is -2.09. The van der Waals surface area contributed by atoms with Gasteiger partial charge in [0.15, 0.2) is 0 Å². The van der Waals surface area contributed by atoms with Gasteiger partial charge in [-0.25, -0.2) is 9.97 Å². The monoisotopic (exact) mass is 394 g/mol. The van der Waals surface area contributed by atoms with E-state index in [0.29, 0.717) is 11.4 Å². The minimum absolute atomic E-state index is 0.144. The number of nitrogens with zero attached hydrogens (tertiary/aromatic N) is 2. The van der Waals surface area contributed by atoms with Gasteiger partial charge in [-0.15, -0.1) is 0 Å². The first-order chi connectivity index (χ1) is 14.6. The van der Waals surface area contributed by atoms with Gasteiger partial charge in [-0.3, -0.25) is 4.79 Å². The standard InChI is InChI=1S/C25H22N4O/c1-17-6-10-22(11-7-17)29-25(30)19-8-12-21(13-9-19)28-24-15-23(26-16-27-24)20-5-3-4-18(2)14-20/h3-16H,1-2H3,(H,29,30)(H,26,27,28). The first-order valence-corrected chi connectivity index (χ1v) is 9.71. The van der Waals surface area contributed by atoms with E-state index in [1.54, 1.807) is 18.5 Å². The minimum atomic E-state index is -0.144. The molecule has 0 aliphatic carbocycles. The SMILES string of the molecule is Cc1ccc(NC(=O)c2ccc(Nc3cc(-c4cccc(C)c4)ncn3)cc2)cc1. The predicted octanol–water partition coefficient (Wildman–Crippen LogP) is 5.76. The van der Waals surface area contributed by atoms with Crippen LogP contribution in [0.2, 0.25) is 0 Å². The summed E-state index contributed by atoms with van der Waals surface area (Å²) in [5, 5.41) is 6.17. The lowest BCUT2D eigenvalue weighted by atomic mass is 10.1. The van der Waals surface area contributed by atoms with Gasteiger partial charge in [0.1, 0.15) is 12.1 Å². The molecular formula is C25H22N4O. The van der Waals surface area contributed by atoms with Crippen LogP contribution in [0.4, 0.5) is 17.2 Å². The van der Waals surface area contributed by atoms with E-state index < -0.39 is 0 Å². The Bertz CT molecular complexity index is 1170. The third-order valence-corrected chi connectivity index (χ3v) is 4.71. The minimum Gasteiger partial charge on any atom is -0.340 e. The predicted molar refractivity (Wildman–Crippen MR) is 121 cm³/mol. The van der Waals surface area contributed by atoms with E-state index in [2.05, 4.69) is 39.7 Å². The summed E-state index contributed by atoms with van der Waals surface area (Å²) in [4.78, 5) is 21.1. The molecule has 0 aliphatic heterocycles. The molecule has 2 N–H and O–H groups in total. The number of benzene rings is 3. The number of carbonyl (C=O) groups excluding carboxylic acids is 1. The van der Waals surface area contributed by atoms with Crippen LogP contribution in [0.25, 0.3) is 11.3 Å². The van der Waals surface area contributed by atoms with Gasteiger partial charge in [0.05, 0.1) is 5.69 Å². The fourth-order valence-corrected chi connectivity index (χ4v) is 3.08. The average Bonchev–Trinajstić information content (AvgIpc) is 2.76. The zero-order chi connectivity index (χ0) is 20.9. The quantitative estimate of drug-likeness (QED) is 0.452. The Labute approximate surface area is 175 Å². The van der Waals surface area contributed by atoms with Gasteiger partial charge in [0.2, 0.25) is 0 Å². The van der Waals surface area contributed by atoms with Crippen molar-refractivity contribution in [3.63, 3.8) is 0 Å². The number of rotatable bonds is 5. The molecule has 5 nitrogen and oxygen atoms in total. The van der Waals surface area contributed by atoms with Crippen LogP contribution in [0.5, 0.6) is 0 Å². The molecule has 0 atom stereocenters. The third kappa shape index (κ3) is 4.70. The summed E-state index contributed by atoms with van der Waals surface area (Å²) in [7, 11) is 0. The van der Waals surface area contributed by atoms with Crippen molar-refractivity contribution >= 4 is 23.1 Å². The normalized spacial score (nSPS) is 10.5. The second-order valence-corrected chi connectivity index (χ2v) is 7.18. The zero-order valence-electron chi connectivity index (χ0n) is 16.9. The van der Waals surface area contributed by atoms with Gasteiger partial charge >= 0.3 is 0 Å². The maximum absolute atomic E-state index is 12.4. The summed E-state index contributed by atoms with van der Waals surface area (Å²) in [6, 6.07) is 25.1. The molecule has 0 saturated heterocycles. The van der Waals surface area contributed by atoms with Crippen molar-refractivity contribution in [2.24, 2.45) is 0 Å². The lowest BCUT2D eigenvalue weighted by molar-refractivity contribution is 0.102. The van der Waals surface area contributed by atoms with Crippen LogP contribution in [0, 0.1) is 13.8 Å². The van der Waals surface area contributed by atoms with Crippen LogP contribution in [-0.2, 0) is 0 Å². The average molecular weight is 394 g/mol. The van der Waals surface area contributed by atoms with Crippen molar-refractivity contribution in [1.82, 2.24) is 9.97 Å². The van der Waals surface area contributed by atoms with Crippen LogP contribution in [0.15, 0.2) is 85.2 Å². The van der Waals surface area contributed by atoms with E-state index in [9.17, 15) is 4.79 Å². The molecule has 0 unspecified atom stereocenters. The Morgan fingerprint density at radius 3 is 2.23 bits per heavy atom. The Balaban J connectivity index is 1.45. The first-order valence-electron chi connectivity index (χ1n) is 9.71. The summed E-state index contributed by atoms with van der Waals surface area (Å²) >= 11 is 0. The number of aryl methyl sites for hydroxylation is 2.